The zero-order valence-corrected chi connectivity index (χ0v) is 16.5. The average Bonchev–Trinajstić information content (AvgIpc) is 2.74. The zero-order chi connectivity index (χ0) is 18.6. The van der Waals surface area contributed by atoms with Gasteiger partial charge in [-0.05, 0) is 44.7 Å². The summed E-state index contributed by atoms with van der Waals surface area (Å²) >= 11 is 0. The summed E-state index contributed by atoms with van der Waals surface area (Å²) in [6.07, 6.45) is 6.92. The number of hydrogen-bond acceptors (Lipinski definition) is 6. The van der Waals surface area contributed by atoms with E-state index < -0.39 is 0 Å². The van der Waals surface area contributed by atoms with Crippen LogP contribution in [0.25, 0.3) is 0 Å². The van der Waals surface area contributed by atoms with Crippen molar-refractivity contribution in [3.8, 4) is 0 Å². The van der Waals surface area contributed by atoms with Crippen LogP contribution in [0.4, 0.5) is 17.5 Å². The van der Waals surface area contributed by atoms with Crippen molar-refractivity contribution in [2.75, 3.05) is 47.4 Å². The van der Waals surface area contributed by atoms with Gasteiger partial charge in [0, 0.05) is 51.0 Å². The van der Waals surface area contributed by atoms with Gasteiger partial charge in [0.15, 0.2) is 0 Å². The quantitative estimate of drug-likeness (QED) is 0.828. The Labute approximate surface area is 162 Å². The Morgan fingerprint density at radius 3 is 2.37 bits per heavy atom. The molecule has 27 heavy (non-hydrogen) atoms. The maximum atomic E-state index is 4.78. The molecule has 144 valence electrons. The van der Waals surface area contributed by atoms with Gasteiger partial charge in [-0.3, -0.25) is 0 Å². The molecule has 0 aromatic carbocycles. The first-order valence-corrected chi connectivity index (χ1v) is 10.3. The van der Waals surface area contributed by atoms with Crippen LogP contribution in [-0.2, 0) is 0 Å². The van der Waals surface area contributed by atoms with Gasteiger partial charge in [-0.15, -0.1) is 0 Å². The molecule has 2 aromatic rings. The van der Waals surface area contributed by atoms with Gasteiger partial charge in [0.2, 0.25) is 0 Å². The molecule has 0 bridgehead atoms. The third-order valence-electron chi connectivity index (χ3n) is 5.78. The van der Waals surface area contributed by atoms with E-state index in [2.05, 4.69) is 44.8 Å². The molecule has 2 saturated heterocycles. The van der Waals surface area contributed by atoms with Crippen LogP contribution in [0, 0.1) is 6.92 Å². The van der Waals surface area contributed by atoms with E-state index in [1.165, 1.54) is 25.7 Å². The lowest BCUT2D eigenvalue weighted by molar-refractivity contribution is 0.446. The first-order chi connectivity index (χ1) is 13.2. The molecule has 2 aliphatic rings. The Morgan fingerprint density at radius 1 is 0.926 bits per heavy atom. The first-order valence-electron chi connectivity index (χ1n) is 10.3. The number of nitrogens with zero attached hydrogens (tertiary/aromatic N) is 6. The van der Waals surface area contributed by atoms with Crippen molar-refractivity contribution in [3.63, 3.8) is 0 Å². The number of anilines is 3. The van der Waals surface area contributed by atoms with E-state index in [1.807, 2.05) is 19.2 Å². The number of rotatable bonds is 4. The highest BCUT2D eigenvalue weighted by molar-refractivity contribution is 5.53. The summed E-state index contributed by atoms with van der Waals surface area (Å²) in [6.45, 7) is 9.28. The average molecular weight is 367 g/mol. The highest BCUT2D eigenvalue weighted by Gasteiger charge is 2.25. The molecule has 6 heteroatoms. The number of hydrogen-bond donors (Lipinski definition) is 0. The molecule has 2 aliphatic heterocycles. The first kappa shape index (κ1) is 18.0. The Bertz CT molecular complexity index is 742. The third-order valence-corrected chi connectivity index (χ3v) is 5.78. The van der Waals surface area contributed by atoms with E-state index in [4.69, 9.17) is 9.97 Å². The molecule has 2 aromatic heterocycles. The van der Waals surface area contributed by atoms with Gasteiger partial charge in [-0.2, -0.15) is 0 Å². The van der Waals surface area contributed by atoms with Crippen molar-refractivity contribution < 1.29 is 0 Å². The van der Waals surface area contributed by atoms with E-state index >= 15 is 0 Å². The Hall–Kier alpha value is -2.37. The van der Waals surface area contributed by atoms with Crippen LogP contribution >= 0.6 is 0 Å². The molecule has 0 N–H and O–H groups in total. The number of pyridine rings is 1. The molecular formula is C21H30N6. The van der Waals surface area contributed by atoms with Gasteiger partial charge < -0.3 is 14.7 Å². The van der Waals surface area contributed by atoms with E-state index in [1.54, 1.807) is 0 Å². The van der Waals surface area contributed by atoms with Crippen molar-refractivity contribution in [3.05, 3.63) is 36.3 Å². The predicted octanol–water partition coefficient (Wildman–Crippen LogP) is 3.28. The lowest BCUT2D eigenvalue weighted by Crippen LogP contribution is -2.47. The zero-order valence-electron chi connectivity index (χ0n) is 16.5. The number of aromatic nitrogens is 3. The number of piperazine rings is 1. The van der Waals surface area contributed by atoms with E-state index in [-0.39, 0.29) is 0 Å². The summed E-state index contributed by atoms with van der Waals surface area (Å²) in [7, 11) is 0. The smallest absolute Gasteiger partial charge is 0.134 e. The van der Waals surface area contributed by atoms with Crippen LogP contribution in [-0.4, -0.2) is 53.7 Å². The van der Waals surface area contributed by atoms with Gasteiger partial charge in [-0.25, -0.2) is 15.0 Å². The lowest BCUT2D eigenvalue weighted by Gasteiger charge is -2.38. The van der Waals surface area contributed by atoms with Crippen LogP contribution in [0.3, 0.4) is 0 Å². The van der Waals surface area contributed by atoms with Gasteiger partial charge >= 0.3 is 0 Å². The van der Waals surface area contributed by atoms with Crippen LogP contribution in [0.2, 0.25) is 0 Å². The van der Waals surface area contributed by atoms with Gasteiger partial charge in [0.05, 0.1) is 0 Å². The van der Waals surface area contributed by atoms with Crippen molar-refractivity contribution in [2.24, 2.45) is 0 Å². The predicted molar refractivity (Wildman–Crippen MR) is 111 cm³/mol. The summed E-state index contributed by atoms with van der Waals surface area (Å²) in [5.74, 6) is 4.11. The molecule has 6 nitrogen and oxygen atoms in total. The summed E-state index contributed by atoms with van der Waals surface area (Å²) < 4.78 is 0. The van der Waals surface area contributed by atoms with E-state index in [9.17, 15) is 0 Å². The number of piperidine rings is 1. The second kappa shape index (κ2) is 8.11. The normalized spacial score (nSPS) is 20.8. The Morgan fingerprint density at radius 2 is 1.67 bits per heavy atom. The topological polar surface area (TPSA) is 48.4 Å². The van der Waals surface area contributed by atoms with Gasteiger partial charge in [0.25, 0.3) is 0 Å². The fourth-order valence-corrected chi connectivity index (χ4v) is 4.28. The van der Waals surface area contributed by atoms with Crippen molar-refractivity contribution in [1.29, 1.82) is 0 Å². The minimum atomic E-state index is 0.613. The SMILES string of the molecule is CCC1CCCCN1c1cc(N2CCN(c3ccccn3)CC2)nc(C)n1. The largest absolute Gasteiger partial charge is 0.353 e. The van der Waals surface area contributed by atoms with Crippen molar-refractivity contribution in [1.82, 2.24) is 15.0 Å². The van der Waals surface area contributed by atoms with Gasteiger partial charge in [-0.1, -0.05) is 13.0 Å². The van der Waals surface area contributed by atoms with E-state index in [0.717, 1.165) is 56.0 Å². The van der Waals surface area contributed by atoms with Crippen molar-refractivity contribution >= 4 is 17.5 Å². The molecule has 0 aliphatic carbocycles. The maximum absolute atomic E-state index is 4.78. The molecular weight excluding hydrogens is 336 g/mol. The van der Waals surface area contributed by atoms with E-state index in [0.29, 0.717) is 6.04 Å². The molecule has 4 rings (SSSR count). The summed E-state index contributed by atoms with van der Waals surface area (Å²) in [5.41, 5.74) is 0. The van der Waals surface area contributed by atoms with Crippen molar-refractivity contribution in [2.45, 2.75) is 45.6 Å². The fourth-order valence-electron chi connectivity index (χ4n) is 4.28. The lowest BCUT2D eigenvalue weighted by atomic mass is 10.00. The Balaban J connectivity index is 1.49. The van der Waals surface area contributed by atoms with Crippen LogP contribution in [0.1, 0.15) is 38.4 Å². The third kappa shape index (κ3) is 3.99. The highest BCUT2D eigenvalue weighted by Crippen LogP contribution is 2.28. The molecule has 1 unspecified atom stereocenters. The monoisotopic (exact) mass is 366 g/mol. The molecule has 0 amide bonds. The molecule has 1 atom stereocenters. The minimum absolute atomic E-state index is 0.613. The summed E-state index contributed by atoms with van der Waals surface area (Å²) in [5, 5.41) is 0. The second-order valence-electron chi connectivity index (χ2n) is 7.54. The maximum Gasteiger partial charge on any atom is 0.134 e. The second-order valence-corrected chi connectivity index (χ2v) is 7.54. The van der Waals surface area contributed by atoms with Crippen LogP contribution in [0.5, 0.6) is 0 Å². The Kier molecular flexibility index (Phi) is 5.41. The molecule has 0 spiro atoms. The standard InChI is InChI=1S/C21H30N6/c1-3-18-8-5-7-11-27(18)21-16-20(23-17(2)24-21)26-14-12-25(13-15-26)19-9-4-6-10-22-19/h4,6,9-10,16,18H,3,5,7-8,11-15H2,1-2H3. The summed E-state index contributed by atoms with van der Waals surface area (Å²) in [6, 6.07) is 8.93. The highest BCUT2D eigenvalue weighted by atomic mass is 15.3. The molecule has 0 saturated carbocycles. The molecule has 0 radical (unpaired) electrons. The van der Waals surface area contributed by atoms with Gasteiger partial charge in [0.1, 0.15) is 23.3 Å². The minimum Gasteiger partial charge on any atom is -0.353 e. The number of aryl methyl sites for hydroxylation is 1. The van der Waals surface area contributed by atoms with Crippen LogP contribution in [0.15, 0.2) is 30.5 Å². The molecule has 2 fully saturated rings. The molecule has 4 heterocycles. The van der Waals surface area contributed by atoms with Crippen LogP contribution < -0.4 is 14.7 Å². The summed E-state index contributed by atoms with van der Waals surface area (Å²) in [4.78, 5) is 21.3. The fraction of sp³-hybridized carbons (Fsp3) is 0.571.